The van der Waals surface area contributed by atoms with Crippen LogP contribution in [0.1, 0.15) is 68.1 Å². The molecule has 0 radical (unpaired) electrons. The molecule has 0 aliphatic heterocycles. The highest BCUT2D eigenvalue weighted by molar-refractivity contribution is 5.34. The second kappa shape index (κ2) is 9.42. The smallest absolute Gasteiger partial charge is 0.0681 e. The van der Waals surface area contributed by atoms with E-state index in [1.54, 1.807) is 0 Å². The zero-order valence-electron chi connectivity index (χ0n) is 13.7. The van der Waals surface area contributed by atoms with Crippen LogP contribution < -0.4 is 0 Å². The Labute approximate surface area is 135 Å². The third-order valence-corrected chi connectivity index (χ3v) is 4.33. The van der Waals surface area contributed by atoms with Gasteiger partial charge in [-0.1, -0.05) is 93.6 Å². The predicted molar refractivity (Wildman–Crippen MR) is 94.0 cm³/mol. The SMILES string of the molecule is CCCCCCCC(c1ccccc1)c1cccc(CO)c1. The molecule has 0 amide bonds. The summed E-state index contributed by atoms with van der Waals surface area (Å²) in [4.78, 5) is 0. The van der Waals surface area contributed by atoms with E-state index in [-0.39, 0.29) is 6.61 Å². The van der Waals surface area contributed by atoms with Gasteiger partial charge in [0, 0.05) is 5.92 Å². The topological polar surface area (TPSA) is 20.2 Å². The molecule has 0 aromatic heterocycles. The summed E-state index contributed by atoms with van der Waals surface area (Å²) in [6.07, 6.45) is 7.74. The van der Waals surface area contributed by atoms with Gasteiger partial charge in [0.2, 0.25) is 0 Å². The van der Waals surface area contributed by atoms with Gasteiger partial charge >= 0.3 is 0 Å². The molecule has 1 unspecified atom stereocenters. The molecule has 1 nitrogen and oxygen atoms in total. The Morgan fingerprint density at radius 2 is 1.55 bits per heavy atom. The lowest BCUT2D eigenvalue weighted by molar-refractivity contribution is 0.281. The summed E-state index contributed by atoms with van der Waals surface area (Å²) in [5, 5.41) is 9.39. The van der Waals surface area contributed by atoms with Crippen LogP contribution in [0.3, 0.4) is 0 Å². The number of hydrogen-bond acceptors (Lipinski definition) is 1. The van der Waals surface area contributed by atoms with Crippen molar-refractivity contribution in [2.75, 3.05) is 0 Å². The van der Waals surface area contributed by atoms with Gasteiger partial charge in [0.15, 0.2) is 0 Å². The highest BCUT2D eigenvalue weighted by Gasteiger charge is 2.14. The van der Waals surface area contributed by atoms with Crippen molar-refractivity contribution in [1.29, 1.82) is 0 Å². The summed E-state index contributed by atoms with van der Waals surface area (Å²) in [5.74, 6) is 0.439. The van der Waals surface area contributed by atoms with Gasteiger partial charge in [-0.25, -0.2) is 0 Å². The molecule has 2 aromatic rings. The minimum atomic E-state index is 0.117. The lowest BCUT2D eigenvalue weighted by Crippen LogP contribution is -2.02. The maximum absolute atomic E-state index is 9.39. The summed E-state index contributed by atoms with van der Waals surface area (Å²) in [6, 6.07) is 19.2. The average molecular weight is 296 g/mol. The van der Waals surface area contributed by atoms with Gasteiger partial charge in [-0.2, -0.15) is 0 Å². The third-order valence-electron chi connectivity index (χ3n) is 4.33. The van der Waals surface area contributed by atoms with E-state index in [1.807, 2.05) is 6.07 Å². The van der Waals surface area contributed by atoms with Gasteiger partial charge in [-0.15, -0.1) is 0 Å². The van der Waals surface area contributed by atoms with Crippen LogP contribution in [0, 0.1) is 0 Å². The van der Waals surface area contributed by atoms with Crippen molar-refractivity contribution < 1.29 is 5.11 Å². The van der Waals surface area contributed by atoms with Crippen molar-refractivity contribution in [3.8, 4) is 0 Å². The van der Waals surface area contributed by atoms with Crippen LogP contribution in [-0.4, -0.2) is 5.11 Å². The van der Waals surface area contributed by atoms with Crippen molar-refractivity contribution in [1.82, 2.24) is 0 Å². The minimum Gasteiger partial charge on any atom is -0.392 e. The summed E-state index contributed by atoms with van der Waals surface area (Å²) in [5.41, 5.74) is 3.71. The fourth-order valence-electron chi connectivity index (χ4n) is 3.07. The molecule has 0 saturated heterocycles. The van der Waals surface area contributed by atoms with E-state index in [0.29, 0.717) is 5.92 Å². The Morgan fingerprint density at radius 3 is 2.27 bits per heavy atom. The molecule has 0 bridgehead atoms. The molecule has 0 aliphatic rings. The van der Waals surface area contributed by atoms with Crippen LogP contribution in [0.15, 0.2) is 54.6 Å². The molecule has 0 heterocycles. The van der Waals surface area contributed by atoms with E-state index in [9.17, 15) is 5.11 Å². The Morgan fingerprint density at radius 1 is 0.818 bits per heavy atom. The van der Waals surface area contributed by atoms with E-state index in [4.69, 9.17) is 0 Å². The molecule has 2 aromatic carbocycles. The van der Waals surface area contributed by atoms with Crippen molar-refractivity contribution in [3.63, 3.8) is 0 Å². The van der Waals surface area contributed by atoms with Crippen molar-refractivity contribution in [2.45, 2.75) is 58.0 Å². The maximum atomic E-state index is 9.39. The number of benzene rings is 2. The lowest BCUT2D eigenvalue weighted by atomic mass is 9.86. The molecule has 1 atom stereocenters. The van der Waals surface area contributed by atoms with Crippen LogP contribution in [0.4, 0.5) is 0 Å². The minimum absolute atomic E-state index is 0.117. The quantitative estimate of drug-likeness (QED) is 0.591. The van der Waals surface area contributed by atoms with Gasteiger partial charge in [-0.3, -0.25) is 0 Å². The molecular weight excluding hydrogens is 268 g/mol. The van der Waals surface area contributed by atoms with E-state index in [0.717, 1.165) is 5.56 Å². The van der Waals surface area contributed by atoms with Gasteiger partial charge in [0.05, 0.1) is 6.61 Å². The summed E-state index contributed by atoms with van der Waals surface area (Å²) in [6.45, 7) is 2.37. The zero-order chi connectivity index (χ0) is 15.6. The number of rotatable bonds is 9. The Hall–Kier alpha value is -1.60. The highest BCUT2D eigenvalue weighted by Crippen LogP contribution is 2.30. The largest absolute Gasteiger partial charge is 0.392 e. The second-order valence-electron chi connectivity index (χ2n) is 6.07. The fraction of sp³-hybridized carbons (Fsp3) is 0.429. The van der Waals surface area contributed by atoms with Crippen LogP contribution in [0.5, 0.6) is 0 Å². The van der Waals surface area contributed by atoms with E-state index in [1.165, 1.54) is 49.7 Å². The van der Waals surface area contributed by atoms with Crippen molar-refractivity contribution in [3.05, 3.63) is 71.3 Å². The average Bonchev–Trinajstić information content (AvgIpc) is 2.59. The van der Waals surface area contributed by atoms with Gasteiger partial charge in [-0.05, 0) is 23.1 Å². The van der Waals surface area contributed by atoms with Crippen molar-refractivity contribution >= 4 is 0 Å². The lowest BCUT2D eigenvalue weighted by Gasteiger charge is -2.19. The van der Waals surface area contributed by atoms with Gasteiger partial charge < -0.3 is 5.11 Å². The summed E-state index contributed by atoms with van der Waals surface area (Å²) in [7, 11) is 0. The monoisotopic (exact) mass is 296 g/mol. The molecule has 0 aliphatic carbocycles. The molecule has 0 spiro atoms. The van der Waals surface area contributed by atoms with Crippen LogP contribution in [0.25, 0.3) is 0 Å². The predicted octanol–water partition coefficient (Wildman–Crippen LogP) is 5.67. The summed E-state index contributed by atoms with van der Waals surface area (Å²) < 4.78 is 0. The Bertz CT molecular complexity index is 533. The molecular formula is C21H28O. The van der Waals surface area contributed by atoms with Gasteiger partial charge in [0.1, 0.15) is 0 Å². The zero-order valence-corrected chi connectivity index (χ0v) is 13.7. The first-order valence-electron chi connectivity index (χ1n) is 8.59. The molecule has 22 heavy (non-hydrogen) atoms. The first-order valence-corrected chi connectivity index (χ1v) is 8.59. The maximum Gasteiger partial charge on any atom is 0.0681 e. The third kappa shape index (κ3) is 4.99. The molecule has 0 fully saturated rings. The first-order chi connectivity index (χ1) is 10.8. The summed E-state index contributed by atoms with van der Waals surface area (Å²) >= 11 is 0. The molecule has 0 saturated carbocycles. The molecule has 118 valence electrons. The number of hydrogen-bond donors (Lipinski definition) is 1. The fourth-order valence-corrected chi connectivity index (χ4v) is 3.07. The van der Waals surface area contributed by atoms with E-state index < -0.39 is 0 Å². The van der Waals surface area contributed by atoms with Crippen LogP contribution in [-0.2, 0) is 6.61 Å². The van der Waals surface area contributed by atoms with E-state index >= 15 is 0 Å². The number of aliphatic hydroxyl groups excluding tert-OH is 1. The van der Waals surface area contributed by atoms with Crippen molar-refractivity contribution in [2.24, 2.45) is 0 Å². The molecule has 2 rings (SSSR count). The molecule has 1 N–H and O–H groups in total. The van der Waals surface area contributed by atoms with Crippen LogP contribution in [0.2, 0.25) is 0 Å². The Kier molecular flexibility index (Phi) is 7.18. The second-order valence-corrected chi connectivity index (χ2v) is 6.07. The molecule has 1 heteroatoms. The standard InChI is InChI=1S/C21H28O/c1-2-3-4-5-9-15-21(19-12-7-6-8-13-19)20-14-10-11-18(16-20)17-22/h6-8,10-14,16,21-22H,2-5,9,15,17H2,1H3. The van der Waals surface area contributed by atoms with Crippen LogP contribution >= 0.6 is 0 Å². The van der Waals surface area contributed by atoms with Gasteiger partial charge in [0.25, 0.3) is 0 Å². The number of unbranched alkanes of at least 4 members (excludes halogenated alkanes) is 4. The highest BCUT2D eigenvalue weighted by atomic mass is 16.3. The van der Waals surface area contributed by atoms with E-state index in [2.05, 4.69) is 55.5 Å². The number of aliphatic hydroxyl groups is 1. The normalized spacial score (nSPS) is 12.3. The Balaban J connectivity index is 2.11. The first kappa shape index (κ1) is 16.8.